The second-order valence-electron chi connectivity index (χ2n) is 5.00. The number of rotatable bonds is 6. The quantitative estimate of drug-likeness (QED) is 0.582. The SMILES string of the molecule is C=C1C(=O)C(NCC(F)(F)F)=C1NC(/C=C(/C)C(=C)C)=C/C. The van der Waals surface area contributed by atoms with Crippen molar-refractivity contribution in [3.05, 3.63) is 59.1 Å². The second-order valence-corrected chi connectivity index (χ2v) is 5.00. The molecule has 0 saturated heterocycles. The van der Waals surface area contributed by atoms with E-state index in [4.69, 9.17) is 0 Å². The summed E-state index contributed by atoms with van der Waals surface area (Å²) in [5, 5.41) is 5.04. The monoisotopic (exact) mass is 312 g/mol. The molecule has 0 aromatic heterocycles. The minimum absolute atomic E-state index is 0.0944. The zero-order valence-electron chi connectivity index (χ0n) is 12.8. The van der Waals surface area contributed by atoms with Crippen LogP contribution in [0.4, 0.5) is 13.2 Å². The molecule has 1 aliphatic rings. The first-order valence-corrected chi connectivity index (χ1v) is 6.63. The zero-order chi connectivity index (χ0) is 17.1. The molecule has 1 rings (SSSR count). The summed E-state index contributed by atoms with van der Waals surface area (Å²) >= 11 is 0. The van der Waals surface area contributed by atoms with Crippen molar-refractivity contribution in [1.29, 1.82) is 0 Å². The molecule has 0 aromatic carbocycles. The number of hydrogen-bond acceptors (Lipinski definition) is 3. The predicted molar refractivity (Wildman–Crippen MR) is 80.7 cm³/mol. The summed E-state index contributed by atoms with van der Waals surface area (Å²) in [6.45, 7) is 11.6. The van der Waals surface area contributed by atoms with E-state index < -0.39 is 18.5 Å². The first-order chi connectivity index (χ1) is 10.1. The number of carbonyl (C=O) groups excluding carboxylic acids is 1. The van der Waals surface area contributed by atoms with Crippen molar-refractivity contribution >= 4 is 5.78 Å². The Hall–Kier alpha value is -2.24. The Morgan fingerprint density at radius 2 is 1.86 bits per heavy atom. The molecule has 0 aliphatic heterocycles. The summed E-state index contributed by atoms with van der Waals surface area (Å²) in [4.78, 5) is 11.6. The molecule has 0 fully saturated rings. The van der Waals surface area contributed by atoms with E-state index in [1.54, 1.807) is 19.1 Å². The molecule has 0 unspecified atom stereocenters. The highest BCUT2D eigenvalue weighted by molar-refractivity contribution is 6.18. The maximum atomic E-state index is 12.2. The van der Waals surface area contributed by atoms with Crippen molar-refractivity contribution in [3.63, 3.8) is 0 Å². The van der Waals surface area contributed by atoms with Gasteiger partial charge in [0.2, 0.25) is 5.78 Å². The largest absolute Gasteiger partial charge is 0.405 e. The van der Waals surface area contributed by atoms with Crippen LogP contribution in [0.1, 0.15) is 20.8 Å². The van der Waals surface area contributed by atoms with E-state index in [1.165, 1.54) is 0 Å². The Morgan fingerprint density at radius 3 is 2.32 bits per heavy atom. The molecule has 6 heteroatoms. The lowest BCUT2D eigenvalue weighted by molar-refractivity contribution is -0.125. The zero-order valence-corrected chi connectivity index (χ0v) is 12.8. The van der Waals surface area contributed by atoms with E-state index in [1.807, 2.05) is 13.8 Å². The maximum absolute atomic E-state index is 12.2. The van der Waals surface area contributed by atoms with Gasteiger partial charge >= 0.3 is 6.18 Å². The minimum atomic E-state index is -4.39. The van der Waals surface area contributed by atoms with Crippen molar-refractivity contribution in [1.82, 2.24) is 10.6 Å². The van der Waals surface area contributed by atoms with Gasteiger partial charge in [0.15, 0.2) is 0 Å². The van der Waals surface area contributed by atoms with Crippen LogP contribution in [-0.2, 0) is 4.79 Å². The third kappa shape index (κ3) is 4.38. The van der Waals surface area contributed by atoms with Crippen molar-refractivity contribution in [2.24, 2.45) is 0 Å². The number of carbonyl (C=O) groups is 1. The van der Waals surface area contributed by atoms with Gasteiger partial charge in [-0.1, -0.05) is 24.8 Å². The van der Waals surface area contributed by atoms with E-state index in [0.717, 1.165) is 11.1 Å². The number of hydrogen-bond donors (Lipinski definition) is 2. The minimum Gasteiger partial charge on any atom is -0.372 e. The van der Waals surface area contributed by atoms with Crippen LogP contribution in [0.2, 0.25) is 0 Å². The van der Waals surface area contributed by atoms with Gasteiger partial charge in [0.05, 0.1) is 5.70 Å². The summed E-state index contributed by atoms with van der Waals surface area (Å²) in [5.41, 5.74) is 2.79. The summed E-state index contributed by atoms with van der Waals surface area (Å²) < 4.78 is 36.7. The molecule has 0 spiro atoms. The molecule has 0 aromatic rings. The fraction of sp³-hybridized carbons (Fsp3) is 0.312. The molecule has 120 valence electrons. The average molecular weight is 312 g/mol. The van der Waals surface area contributed by atoms with Crippen LogP contribution in [0.25, 0.3) is 0 Å². The van der Waals surface area contributed by atoms with Crippen LogP contribution >= 0.6 is 0 Å². The number of ketones is 1. The Morgan fingerprint density at radius 1 is 1.27 bits per heavy atom. The maximum Gasteiger partial charge on any atom is 0.405 e. The highest BCUT2D eigenvalue weighted by atomic mass is 19.4. The van der Waals surface area contributed by atoms with Crippen molar-refractivity contribution in [3.8, 4) is 0 Å². The van der Waals surface area contributed by atoms with Crippen molar-refractivity contribution in [2.75, 3.05) is 6.54 Å². The van der Waals surface area contributed by atoms with Crippen molar-refractivity contribution in [2.45, 2.75) is 26.9 Å². The molecular formula is C16H19F3N2O. The summed E-state index contributed by atoms with van der Waals surface area (Å²) in [7, 11) is 0. The highest BCUT2D eigenvalue weighted by Crippen LogP contribution is 2.27. The lowest BCUT2D eigenvalue weighted by Gasteiger charge is -2.27. The molecule has 0 amide bonds. The van der Waals surface area contributed by atoms with Crippen LogP contribution < -0.4 is 10.6 Å². The lowest BCUT2D eigenvalue weighted by Crippen LogP contribution is -2.41. The van der Waals surface area contributed by atoms with Crippen LogP contribution in [-0.4, -0.2) is 18.5 Å². The van der Waals surface area contributed by atoms with E-state index in [-0.39, 0.29) is 17.0 Å². The highest BCUT2D eigenvalue weighted by Gasteiger charge is 2.35. The molecule has 0 atom stereocenters. The molecule has 0 radical (unpaired) electrons. The average Bonchev–Trinajstić information content (AvgIpc) is 2.42. The standard InChI is InChI=1S/C16H19F3N2O/c1-6-12(7-10(4)9(2)3)21-13-11(5)15(22)14(13)20-8-16(17,18)19/h6-7,20-21H,2,5,8H2,1,3-4H3/b10-7-,12-6+. The summed E-state index contributed by atoms with van der Waals surface area (Å²) in [6, 6.07) is 0. The van der Waals surface area contributed by atoms with Gasteiger partial charge in [0.1, 0.15) is 12.2 Å². The van der Waals surface area contributed by atoms with Gasteiger partial charge in [-0.3, -0.25) is 4.79 Å². The smallest absolute Gasteiger partial charge is 0.372 e. The fourth-order valence-corrected chi connectivity index (χ4v) is 1.65. The normalized spacial score (nSPS) is 16.6. The molecule has 0 saturated carbocycles. The Bertz CT molecular complexity index is 607. The molecule has 0 bridgehead atoms. The Kier molecular flexibility index (Phi) is 5.41. The molecule has 2 N–H and O–H groups in total. The Balaban J connectivity index is 2.94. The number of allylic oxidation sites excluding steroid dienone is 6. The topological polar surface area (TPSA) is 41.1 Å². The molecule has 22 heavy (non-hydrogen) atoms. The molecular weight excluding hydrogens is 293 g/mol. The Labute approximate surface area is 128 Å². The molecule has 0 heterocycles. The van der Waals surface area contributed by atoms with E-state index in [0.29, 0.717) is 5.70 Å². The van der Waals surface area contributed by atoms with Crippen molar-refractivity contribution < 1.29 is 18.0 Å². The van der Waals surface area contributed by atoms with E-state index in [2.05, 4.69) is 23.8 Å². The number of alkyl halides is 3. The van der Waals surface area contributed by atoms with Gasteiger partial charge in [0, 0.05) is 11.3 Å². The molecule has 1 aliphatic carbocycles. The number of Topliss-reactive ketones (excluding diaryl/α,β-unsaturated/α-hetero) is 1. The van der Waals surface area contributed by atoms with E-state index >= 15 is 0 Å². The van der Waals surface area contributed by atoms with Gasteiger partial charge in [-0.15, -0.1) is 0 Å². The summed E-state index contributed by atoms with van der Waals surface area (Å²) in [5.74, 6) is -0.511. The lowest BCUT2D eigenvalue weighted by atomic mass is 9.92. The van der Waals surface area contributed by atoms with Gasteiger partial charge in [-0.2, -0.15) is 13.2 Å². The van der Waals surface area contributed by atoms with Crippen LogP contribution in [0.3, 0.4) is 0 Å². The first-order valence-electron chi connectivity index (χ1n) is 6.63. The van der Waals surface area contributed by atoms with Crippen LogP contribution in [0.5, 0.6) is 0 Å². The van der Waals surface area contributed by atoms with Crippen LogP contribution in [0.15, 0.2) is 59.1 Å². The third-order valence-electron chi connectivity index (χ3n) is 3.14. The predicted octanol–water partition coefficient (Wildman–Crippen LogP) is 3.50. The summed E-state index contributed by atoms with van der Waals surface area (Å²) in [6.07, 6.45) is -0.848. The van der Waals surface area contributed by atoms with E-state index in [9.17, 15) is 18.0 Å². The number of nitrogens with one attached hydrogen (secondary N) is 2. The second kappa shape index (κ2) is 6.68. The van der Waals surface area contributed by atoms with Gasteiger partial charge in [-0.05, 0) is 32.4 Å². The van der Waals surface area contributed by atoms with Crippen LogP contribution in [0, 0.1) is 0 Å². The first kappa shape index (κ1) is 17.8. The van der Waals surface area contributed by atoms with Gasteiger partial charge in [0.25, 0.3) is 0 Å². The molecule has 3 nitrogen and oxygen atoms in total. The van der Waals surface area contributed by atoms with Gasteiger partial charge < -0.3 is 10.6 Å². The van der Waals surface area contributed by atoms with Gasteiger partial charge in [-0.25, -0.2) is 0 Å². The third-order valence-corrected chi connectivity index (χ3v) is 3.14. The fourth-order valence-electron chi connectivity index (χ4n) is 1.65. The number of halogens is 3.